The lowest BCUT2D eigenvalue weighted by Crippen LogP contribution is -2.33. The standard InChI is InChI=1S/C17H11Cl3N2O2S/c18-10-4-6-11(7-5-10)21-9-22-16(23)15(25-17(22)24)8-12-13(19)2-1-3-14(12)20/h1-8,21H,9H2/b15-8-. The molecule has 25 heavy (non-hydrogen) atoms. The Morgan fingerprint density at radius 2 is 1.64 bits per heavy atom. The van der Waals surface area contributed by atoms with Gasteiger partial charge in [0.2, 0.25) is 0 Å². The number of imide groups is 1. The quantitative estimate of drug-likeness (QED) is 0.648. The van der Waals surface area contributed by atoms with Crippen LogP contribution < -0.4 is 5.32 Å². The van der Waals surface area contributed by atoms with E-state index in [9.17, 15) is 9.59 Å². The molecule has 0 aromatic heterocycles. The molecule has 0 unspecified atom stereocenters. The van der Waals surface area contributed by atoms with Crippen LogP contribution in [0, 0.1) is 0 Å². The van der Waals surface area contributed by atoms with Crippen LogP contribution in [0.1, 0.15) is 5.56 Å². The highest BCUT2D eigenvalue weighted by atomic mass is 35.5. The maximum atomic E-state index is 12.5. The Morgan fingerprint density at radius 3 is 2.28 bits per heavy atom. The first kappa shape index (κ1) is 18.1. The summed E-state index contributed by atoms with van der Waals surface area (Å²) in [5.41, 5.74) is 1.27. The molecule has 2 aromatic rings. The van der Waals surface area contributed by atoms with E-state index in [0.29, 0.717) is 20.6 Å². The molecule has 1 aliphatic rings. The van der Waals surface area contributed by atoms with Gasteiger partial charge < -0.3 is 5.32 Å². The topological polar surface area (TPSA) is 49.4 Å². The lowest BCUT2D eigenvalue weighted by atomic mass is 10.2. The summed E-state index contributed by atoms with van der Waals surface area (Å²) in [4.78, 5) is 26.0. The SMILES string of the molecule is O=C1S/C(=C\c2c(Cl)cccc2Cl)C(=O)N1CNc1ccc(Cl)cc1. The van der Waals surface area contributed by atoms with Gasteiger partial charge in [-0.15, -0.1) is 0 Å². The molecule has 1 saturated heterocycles. The monoisotopic (exact) mass is 412 g/mol. The van der Waals surface area contributed by atoms with E-state index in [2.05, 4.69) is 5.32 Å². The van der Waals surface area contributed by atoms with Gasteiger partial charge in [0, 0.05) is 26.3 Å². The summed E-state index contributed by atoms with van der Waals surface area (Å²) >= 11 is 18.9. The smallest absolute Gasteiger partial charge is 0.295 e. The molecule has 1 N–H and O–H groups in total. The van der Waals surface area contributed by atoms with Crippen molar-refractivity contribution < 1.29 is 9.59 Å². The molecule has 0 bridgehead atoms. The minimum atomic E-state index is -0.396. The first-order chi connectivity index (χ1) is 12.0. The third-order valence-electron chi connectivity index (χ3n) is 3.43. The van der Waals surface area contributed by atoms with Crippen molar-refractivity contribution in [1.29, 1.82) is 0 Å². The zero-order valence-corrected chi connectivity index (χ0v) is 15.7. The van der Waals surface area contributed by atoms with Crippen molar-refractivity contribution in [2.45, 2.75) is 0 Å². The molecular formula is C17H11Cl3N2O2S. The number of amides is 2. The summed E-state index contributed by atoms with van der Waals surface area (Å²) in [7, 11) is 0. The summed E-state index contributed by atoms with van der Waals surface area (Å²) in [5.74, 6) is -0.396. The van der Waals surface area contributed by atoms with Crippen molar-refractivity contribution in [3.63, 3.8) is 0 Å². The fourth-order valence-electron chi connectivity index (χ4n) is 2.15. The first-order valence-electron chi connectivity index (χ1n) is 7.14. The largest absolute Gasteiger partial charge is 0.367 e. The van der Waals surface area contributed by atoms with Crippen molar-refractivity contribution in [2.75, 3.05) is 12.0 Å². The van der Waals surface area contributed by atoms with Gasteiger partial charge in [0.1, 0.15) is 0 Å². The first-order valence-corrected chi connectivity index (χ1v) is 9.09. The van der Waals surface area contributed by atoms with Crippen molar-refractivity contribution in [3.05, 3.63) is 68.0 Å². The van der Waals surface area contributed by atoms with Gasteiger partial charge >= 0.3 is 0 Å². The van der Waals surface area contributed by atoms with E-state index < -0.39 is 5.91 Å². The molecule has 0 saturated carbocycles. The average molecular weight is 414 g/mol. The van der Waals surface area contributed by atoms with Gasteiger partial charge in [-0.3, -0.25) is 14.5 Å². The molecule has 3 rings (SSSR count). The van der Waals surface area contributed by atoms with Gasteiger partial charge in [0.25, 0.3) is 11.1 Å². The van der Waals surface area contributed by atoms with Crippen LogP contribution >= 0.6 is 46.6 Å². The van der Waals surface area contributed by atoms with Gasteiger partial charge in [-0.25, -0.2) is 0 Å². The number of carbonyl (C=O) groups is 2. The van der Waals surface area contributed by atoms with Crippen molar-refractivity contribution in [3.8, 4) is 0 Å². The number of thioether (sulfide) groups is 1. The molecule has 2 amide bonds. The molecule has 8 heteroatoms. The number of anilines is 1. The van der Waals surface area contributed by atoms with Crippen molar-refractivity contribution in [1.82, 2.24) is 4.90 Å². The summed E-state index contributed by atoms with van der Waals surface area (Å²) in [6.07, 6.45) is 1.54. The molecule has 2 aromatic carbocycles. The Hall–Kier alpha value is -1.66. The molecule has 0 atom stereocenters. The normalized spacial score (nSPS) is 16.0. The van der Waals surface area contributed by atoms with Crippen LogP contribution in [0.2, 0.25) is 15.1 Å². The molecule has 0 spiro atoms. The van der Waals surface area contributed by atoms with Crippen LogP contribution in [0.5, 0.6) is 0 Å². The van der Waals surface area contributed by atoms with E-state index in [0.717, 1.165) is 22.3 Å². The van der Waals surface area contributed by atoms with Crippen LogP contribution in [-0.2, 0) is 4.79 Å². The van der Waals surface area contributed by atoms with E-state index in [4.69, 9.17) is 34.8 Å². The molecule has 1 heterocycles. The number of hydrogen-bond acceptors (Lipinski definition) is 4. The van der Waals surface area contributed by atoms with Crippen LogP contribution in [0.15, 0.2) is 47.4 Å². The Labute approximate surface area is 163 Å². The van der Waals surface area contributed by atoms with Gasteiger partial charge in [-0.05, 0) is 54.2 Å². The zero-order valence-electron chi connectivity index (χ0n) is 12.6. The predicted octanol–water partition coefficient (Wildman–Crippen LogP) is 5.75. The molecule has 0 radical (unpaired) electrons. The molecular weight excluding hydrogens is 403 g/mol. The number of benzene rings is 2. The van der Waals surface area contributed by atoms with Crippen LogP contribution in [0.3, 0.4) is 0 Å². The summed E-state index contributed by atoms with van der Waals surface area (Å²) in [6.45, 7) is 0.0554. The third-order valence-corrected chi connectivity index (χ3v) is 5.25. The number of rotatable bonds is 4. The summed E-state index contributed by atoms with van der Waals surface area (Å²) < 4.78 is 0. The van der Waals surface area contributed by atoms with Gasteiger partial charge in [0.05, 0.1) is 11.6 Å². The number of nitrogens with one attached hydrogen (secondary N) is 1. The summed E-state index contributed by atoms with van der Waals surface area (Å²) in [6, 6.07) is 12.0. The minimum absolute atomic E-state index is 0.0554. The second-order valence-electron chi connectivity index (χ2n) is 5.09. The second-order valence-corrected chi connectivity index (χ2v) is 7.33. The predicted molar refractivity (Wildman–Crippen MR) is 104 cm³/mol. The second kappa shape index (κ2) is 7.70. The highest BCUT2D eigenvalue weighted by Gasteiger charge is 2.35. The maximum Gasteiger partial charge on any atom is 0.295 e. The van der Waals surface area contributed by atoms with Gasteiger partial charge in [-0.1, -0.05) is 40.9 Å². The Morgan fingerprint density at radius 1 is 1.00 bits per heavy atom. The fourth-order valence-corrected chi connectivity index (χ4v) is 3.61. The number of halogens is 3. The molecule has 128 valence electrons. The molecule has 1 aliphatic heterocycles. The van der Waals surface area contributed by atoms with Crippen molar-refractivity contribution >= 4 is 69.5 Å². The number of nitrogens with zero attached hydrogens (tertiary/aromatic N) is 1. The lowest BCUT2D eigenvalue weighted by Gasteiger charge is -2.14. The maximum absolute atomic E-state index is 12.5. The summed E-state index contributed by atoms with van der Waals surface area (Å²) in [5, 5.41) is 4.09. The Balaban J connectivity index is 1.76. The Bertz CT molecular complexity index is 848. The highest BCUT2D eigenvalue weighted by molar-refractivity contribution is 8.18. The minimum Gasteiger partial charge on any atom is -0.367 e. The van der Waals surface area contributed by atoms with Gasteiger partial charge in [0.15, 0.2) is 0 Å². The van der Waals surface area contributed by atoms with Crippen LogP contribution in [-0.4, -0.2) is 22.7 Å². The van der Waals surface area contributed by atoms with E-state index in [1.165, 1.54) is 6.08 Å². The molecule has 0 aliphatic carbocycles. The fraction of sp³-hybridized carbons (Fsp3) is 0.0588. The molecule has 4 nitrogen and oxygen atoms in total. The van der Waals surface area contributed by atoms with E-state index in [-0.39, 0.29) is 16.8 Å². The number of hydrogen-bond donors (Lipinski definition) is 1. The highest BCUT2D eigenvalue weighted by Crippen LogP contribution is 2.35. The van der Waals surface area contributed by atoms with Crippen LogP contribution in [0.25, 0.3) is 6.08 Å². The third kappa shape index (κ3) is 4.12. The number of carbonyl (C=O) groups excluding carboxylic acids is 2. The lowest BCUT2D eigenvalue weighted by molar-refractivity contribution is -0.122. The Kier molecular flexibility index (Phi) is 5.59. The zero-order chi connectivity index (χ0) is 18.0. The van der Waals surface area contributed by atoms with Crippen molar-refractivity contribution in [2.24, 2.45) is 0 Å². The van der Waals surface area contributed by atoms with E-state index in [1.807, 2.05) is 0 Å². The van der Waals surface area contributed by atoms with Gasteiger partial charge in [-0.2, -0.15) is 0 Å². The van der Waals surface area contributed by atoms with Crippen LogP contribution in [0.4, 0.5) is 10.5 Å². The van der Waals surface area contributed by atoms with E-state index in [1.54, 1.807) is 42.5 Å². The molecule has 1 fully saturated rings. The average Bonchev–Trinajstić information content (AvgIpc) is 2.84. The van der Waals surface area contributed by atoms with E-state index >= 15 is 0 Å².